The van der Waals surface area contributed by atoms with Gasteiger partial charge in [0, 0.05) is 24.4 Å². The molecule has 0 bridgehead atoms. The number of likely N-dealkylation sites (tertiary alicyclic amines) is 1. The second-order valence-electron chi connectivity index (χ2n) is 7.61. The fourth-order valence-corrected chi connectivity index (χ4v) is 3.13. The van der Waals surface area contributed by atoms with Crippen LogP contribution in [-0.2, 0) is 14.3 Å². The molecule has 1 aromatic rings. The van der Waals surface area contributed by atoms with Crippen LogP contribution in [0.5, 0.6) is 0 Å². The molecule has 28 heavy (non-hydrogen) atoms. The Bertz CT molecular complexity index is 704. The first-order chi connectivity index (χ1) is 13.3. The number of benzene rings is 1. The maximum Gasteiger partial charge on any atom is 0.326 e. The van der Waals surface area contributed by atoms with Gasteiger partial charge in [-0.2, -0.15) is 0 Å². The predicted octanol–water partition coefficient (Wildman–Crippen LogP) is 3.16. The van der Waals surface area contributed by atoms with Gasteiger partial charge in [-0.1, -0.05) is 19.9 Å². The Kier molecular flexibility index (Phi) is 7.99. The topological polar surface area (TPSA) is 95.9 Å². The van der Waals surface area contributed by atoms with Gasteiger partial charge in [-0.05, 0) is 56.7 Å². The molecule has 2 N–H and O–H groups in total. The lowest BCUT2D eigenvalue weighted by Gasteiger charge is -2.33. The van der Waals surface area contributed by atoms with Crippen molar-refractivity contribution in [1.82, 2.24) is 4.90 Å². The number of hydrogen-bond donors (Lipinski definition) is 2. The highest BCUT2D eigenvalue weighted by molar-refractivity contribution is 5.99. The van der Waals surface area contributed by atoms with Gasteiger partial charge in [-0.3, -0.25) is 9.59 Å². The molecule has 0 saturated carbocycles. The number of carbonyl (C=O) groups excluding carboxylic acids is 2. The Labute approximate surface area is 166 Å². The van der Waals surface area contributed by atoms with E-state index >= 15 is 0 Å². The molecule has 7 heteroatoms. The number of ether oxygens (including phenoxy) is 1. The van der Waals surface area contributed by atoms with Crippen molar-refractivity contribution < 1.29 is 24.2 Å². The number of nitrogens with zero attached hydrogens (tertiary/aromatic N) is 1. The minimum absolute atomic E-state index is 0.283. The number of aliphatic carboxylic acids is 1. The van der Waals surface area contributed by atoms with E-state index in [9.17, 15) is 19.5 Å². The van der Waals surface area contributed by atoms with Crippen molar-refractivity contribution in [3.05, 3.63) is 29.8 Å². The molecule has 1 aromatic carbocycles. The Hall–Kier alpha value is -2.41. The summed E-state index contributed by atoms with van der Waals surface area (Å²) in [5, 5.41) is 12.1. The van der Waals surface area contributed by atoms with Crippen molar-refractivity contribution in [2.75, 3.05) is 18.5 Å². The van der Waals surface area contributed by atoms with Crippen LogP contribution in [0, 0.1) is 5.92 Å². The molecule has 2 rings (SSSR count). The number of rotatable bonds is 8. The van der Waals surface area contributed by atoms with E-state index in [2.05, 4.69) is 19.2 Å². The van der Waals surface area contributed by atoms with Crippen molar-refractivity contribution in [1.29, 1.82) is 0 Å². The van der Waals surface area contributed by atoms with Crippen LogP contribution >= 0.6 is 0 Å². The molecule has 1 heterocycles. The molecule has 0 radical (unpaired) electrons. The van der Waals surface area contributed by atoms with Crippen LogP contribution in [0.25, 0.3) is 0 Å². The summed E-state index contributed by atoms with van der Waals surface area (Å²) in [6, 6.07) is 5.78. The van der Waals surface area contributed by atoms with Crippen LogP contribution in [0.2, 0.25) is 0 Å². The van der Waals surface area contributed by atoms with Gasteiger partial charge < -0.3 is 20.1 Å². The summed E-state index contributed by atoms with van der Waals surface area (Å²) in [6.07, 6.45) is 2.32. The summed E-state index contributed by atoms with van der Waals surface area (Å²) in [6.45, 7) is 6.81. The van der Waals surface area contributed by atoms with Gasteiger partial charge in [-0.15, -0.1) is 0 Å². The summed E-state index contributed by atoms with van der Waals surface area (Å²) >= 11 is 0. The molecule has 2 atom stereocenters. The molecule has 0 spiro atoms. The van der Waals surface area contributed by atoms with Crippen LogP contribution < -0.4 is 5.32 Å². The van der Waals surface area contributed by atoms with Crippen molar-refractivity contribution in [2.24, 2.45) is 5.92 Å². The van der Waals surface area contributed by atoms with Crippen LogP contribution in [-0.4, -0.2) is 53.1 Å². The van der Waals surface area contributed by atoms with Crippen molar-refractivity contribution in [3.63, 3.8) is 0 Å². The van der Waals surface area contributed by atoms with Crippen LogP contribution in [0.4, 0.5) is 5.69 Å². The summed E-state index contributed by atoms with van der Waals surface area (Å²) in [5.41, 5.74) is 0.846. The molecule has 1 aliphatic heterocycles. The van der Waals surface area contributed by atoms with Gasteiger partial charge in [0.15, 0.2) is 0 Å². The van der Waals surface area contributed by atoms with E-state index in [-0.39, 0.29) is 11.8 Å². The fraction of sp³-hybridized carbons (Fsp3) is 0.571. The number of carboxylic acid groups (broad SMARTS) is 1. The number of piperidine rings is 1. The first-order valence-corrected chi connectivity index (χ1v) is 9.86. The summed E-state index contributed by atoms with van der Waals surface area (Å²) < 4.78 is 5.55. The monoisotopic (exact) mass is 390 g/mol. The lowest BCUT2D eigenvalue weighted by molar-refractivity contribution is -0.143. The average Bonchev–Trinajstić information content (AvgIpc) is 2.67. The van der Waals surface area contributed by atoms with E-state index < -0.39 is 18.1 Å². The Morgan fingerprint density at radius 1 is 1.25 bits per heavy atom. The Balaban J connectivity index is 2.01. The molecule has 1 saturated heterocycles. The third kappa shape index (κ3) is 6.05. The maximum atomic E-state index is 12.8. The summed E-state index contributed by atoms with van der Waals surface area (Å²) in [4.78, 5) is 38.0. The van der Waals surface area contributed by atoms with Crippen molar-refractivity contribution in [2.45, 2.75) is 58.6 Å². The molecule has 0 aromatic heterocycles. The standard InChI is InChI=1S/C21H30N2O5/c1-14(2)10-12-28-15(3)19(24)22-17-8-6-7-16(13-17)20(25)23-11-5-4-9-18(23)21(26)27/h6-8,13-15,18H,4-5,9-12H2,1-3H3,(H,22,24)(H,26,27). The fourth-order valence-electron chi connectivity index (χ4n) is 3.13. The number of carboxylic acids is 1. The number of carbonyl (C=O) groups is 3. The largest absolute Gasteiger partial charge is 0.480 e. The zero-order chi connectivity index (χ0) is 20.7. The molecule has 0 aliphatic carbocycles. The molecule has 2 amide bonds. The highest BCUT2D eigenvalue weighted by atomic mass is 16.5. The quantitative estimate of drug-likeness (QED) is 0.711. The minimum Gasteiger partial charge on any atom is -0.480 e. The molecule has 1 aliphatic rings. The van der Waals surface area contributed by atoms with Gasteiger partial charge in [0.1, 0.15) is 12.1 Å². The van der Waals surface area contributed by atoms with E-state index in [4.69, 9.17) is 4.74 Å². The van der Waals surface area contributed by atoms with Crippen molar-refractivity contribution >= 4 is 23.5 Å². The lowest BCUT2D eigenvalue weighted by Crippen LogP contribution is -2.48. The highest BCUT2D eigenvalue weighted by Gasteiger charge is 2.32. The zero-order valence-corrected chi connectivity index (χ0v) is 16.8. The Morgan fingerprint density at radius 2 is 2.00 bits per heavy atom. The lowest BCUT2D eigenvalue weighted by atomic mass is 10.0. The maximum absolute atomic E-state index is 12.8. The van der Waals surface area contributed by atoms with Gasteiger partial charge in [-0.25, -0.2) is 4.79 Å². The van der Waals surface area contributed by atoms with E-state index in [1.54, 1.807) is 31.2 Å². The van der Waals surface area contributed by atoms with E-state index in [0.29, 0.717) is 36.7 Å². The zero-order valence-electron chi connectivity index (χ0n) is 16.8. The van der Waals surface area contributed by atoms with E-state index in [0.717, 1.165) is 19.3 Å². The Morgan fingerprint density at radius 3 is 2.68 bits per heavy atom. The van der Waals surface area contributed by atoms with Crippen LogP contribution in [0.1, 0.15) is 56.8 Å². The van der Waals surface area contributed by atoms with Gasteiger partial charge in [0.25, 0.3) is 11.8 Å². The van der Waals surface area contributed by atoms with E-state index in [1.165, 1.54) is 4.90 Å². The molecule has 7 nitrogen and oxygen atoms in total. The minimum atomic E-state index is -0.982. The number of hydrogen-bond acceptors (Lipinski definition) is 4. The summed E-state index contributed by atoms with van der Waals surface area (Å²) in [7, 11) is 0. The number of amides is 2. The van der Waals surface area contributed by atoms with Gasteiger partial charge in [0.2, 0.25) is 0 Å². The molecule has 154 valence electrons. The SMILES string of the molecule is CC(C)CCOC(C)C(=O)Nc1cccc(C(=O)N2CCCCC2C(=O)O)c1. The van der Waals surface area contributed by atoms with Gasteiger partial charge in [0.05, 0.1) is 0 Å². The smallest absolute Gasteiger partial charge is 0.326 e. The third-order valence-electron chi connectivity index (χ3n) is 4.86. The average molecular weight is 390 g/mol. The highest BCUT2D eigenvalue weighted by Crippen LogP contribution is 2.21. The molecule has 1 fully saturated rings. The third-order valence-corrected chi connectivity index (χ3v) is 4.86. The summed E-state index contributed by atoms with van der Waals surface area (Å²) in [5.74, 6) is -1.09. The molecular formula is C21H30N2O5. The first-order valence-electron chi connectivity index (χ1n) is 9.86. The first kappa shape index (κ1) is 21.9. The molecular weight excluding hydrogens is 360 g/mol. The molecule has 2 unspecified atom stereocenters. The van der Waals surface area contributed by atoms with Gasteiger partial charge >= 0.3 is 5.97 Å². The normalized spacial score (nSPS) is 18.0. The van der Waals surface area contributed by atoms with Crippen LogP contribution in [0.15, 0.2) is 24.3 Å². The van der Waals surface area contributed by atoms with Crippen LogP contribution in [0.3, 0.4) is 0 Å². The second kappa shape index (κ2) is 10.2. The van der Waals surface area contributed by atoms with E-state index in [1.807, 2.05) is 0 Å². The second-order valence-corrected chi connectivity index (χ2v) is 7.61. The number of anilines is 1. The van der Waals surface area contributed by atoms with Crippen molar-refractivity contribution in [3.8, 4) is 0 Å². The number of nitrogens with one attached hydrogen (secondary N) is 1. The predicted molar refractivity (Wildman–Crippen MR) is 106 cm³/mol.